The molecule has 2 aromatic rings. The summed E-state index contributed by atoms with van der Waals surface area (Å²) in [7, 11) is -6.27. The van der Waals surface area contributed by atoms with Gasteiger partial charge in [-0.25, -0.2) is 0 Å². The van der Waals surface area contributed by atoms with Crippen LogP contribution in [0, 0.1) is 5.41 Å². The van der Waals surface area contributed by atoms with Crippen LogP contribution in [-0.2, 0) is 13.4 Å². The molecule has 3 nitrogen and oxygen atoms in total. The maximum atomic E-state index is 13.4. The average Bonchev–Trinajstić information content (AvgIpc) is 2.47. The van der Waals surface area contributed by atoms with Gasteiger partial charge in [0.25, 0.3) is 0 Å². The molecule has 0 aromatic heterocycles. The number of hydrogen-bond acceptors (Lipinski definition) is 3. The van der Waals surface area contributed by atoms with Crippen molar-refractivity contribution in [1.82, 2.24) is 0 Å². The minimum absolute atomic E-state index is 0.297. The lowest BCUT2D eigenvalue weighted by atomic mass is 10.00. The highest BCUT2D eigenvalue weighted by Crippen LogP contribution is 2.70. The van der Waals surface area contributed by atoms with Gasteiger partial charge in [0.2, 0.25) is 14.7 Å². The molecule has 1 fully saturated rings. The fourth-order valence-electron chi connectivity index (χ4n) is 3.03. The summed E-state index contributed by atoms with van der Waals surface area (Å²) in [5.74, 6) is 0. The zero-order valence-electron chi connectivity index (χ0n) is 12.8. The summed E-state index contributed by atoms with van der Waals surface area (Å²) in [4.78, 5) is 0. The van der Waals surface area contributed by atoms with Crippen molar-refractivity contribution in [3.8, 4) is 0 Å². The van der Waals surface area contributed by atoms with E-state index in [1.54, 1.807) is 24.3 Å². The van der Waals surface area contributed by atoms with Crippen molar-refractivity contribution >= 4 is 25.3 Å². The molecule has 0 aliphatic carbocycles. The Morgan fingerprint density at radius 3 is 1.50 bits per heavy atom. The Morgan fingerprint density at radius 1 is 0.773 bits per heavy atom. The van der Waals surface area contributed by atoms with Gasteiger partial charge in [-0.2, -0.15) is 0 Å². The van der Waals surface area contributed by atoms with Crippen molar-refractivity contribution in [3.63, 3.8) is 0 Å². The van der Waals surface area contributed by atoms with Gasteiger partial charge in [-0.1, -0.05) is 50.2 Å². The molecule has 5 heteroatoms. The van der Waals surface area contributed by atoms with Crippen LogP contribution in [0.25, 0.3) is 0 Å². The fourth-order valence-corrected chi connectivity index (χ4v) is 10.2. The lowest BCUT2D eigenvalue weighted by Crippen LogP contribution is -2.33. The quantitative estimate of drug-likeness (QED) is 0.771. The Bertz CT molecular complexity index is 690. The van der Waals surface area contributed by atoms with E-state index in [1.807, 2.05) is 50.2 Å². The second-order valence-corrected chi connectivity index (χ2v) is 11.6. The Morgan fingerprint density at radius 2 is 1.14 bits per heavy atom. The molecule has 0 unspecified atom stereocenters. The lowest BCUT2D eigenvalue weighted by molar-refractivity contribution is 0.383. The molecule has 0 spiro atoms. The molecule has 0 bridgehead atoms. The standard InChI is InChI=1S/C17H20O3P2/c1-17(2)13-21(18,15-9-5-3-6-10-15)20-22(19,14-17)16-11-7-4-8-12-16/h3-12H,13-14H2,1-2H3/t21-,22+. The molecule has 2 atom stereocenters. The lowest BCUT2D eigenvalue weighted by Gasteiger charge is -2.40. The van der Waals surface area contributed by atoms with Gasteiger partial charge in [0, 0.05) is 22.9 Å². The van der Waals surface area contributed by atoms with Crippen molar-refractivity contribution in [2.75, 3.05) is 12.3 Å². The Kier molecular flexibility index (Phi) is 3.93. The molecule has 1 aliphatic rings. The third-order valence-corrected chi connectivity index (χ3v) is 10.7. The molecule has 116 valence electrons. The number of benzene rings is 2. The summed E-state index contributed by atoms with van der Waals surface area (Å²) in [6, 6.07) is 18.3. The normalized spacial score (nSPS) is 30.8. The Labute approximate surface area is 131 Å². The second-order valence-electron chi connectivity index (χ2n) is 6.58. The van der Waals surface area contributed by atoms with E-state index in [1.165, 1.54) is 0 Å². The summed E-state index contributed by atoms with van der Waals surface area (Å²) in [5.41, 5.74) is -0.297. The summed E-state index contributed by atoms with van der Waals surface area (Å²) < 4.78 is 32.8. The molecule has 3 rings (SSSR count). The van der Waals surface area contributed by atoms with Gasteiger partial charge in [-0.3, -0.25) is 13.4 Å². The van der Waals surface area contributed by atoms with E-state index in [2.05, 4.69) is 0 Å². The zero-order chi connectivity index (χ0) is 15.8. The summed E-state index contributed by atoms with van der Waals surface area (Å²) in [6.45, 7) is 4.03. The molecule has 0 radical (unpaired) electrons. The van der Waals surface area contributed by atoms with Gasteiger partial charge >= 0.3 is 0 Å². The highest BCUT2D eigenvalue weighted by Gasteiger charge is 2.49. The van der Waals surface area contributed by atoms with Crippen LogP contribution in [0.3, 0.4) is 0 Å². The van der Waals surface area contributed by atoms with Gasteiger partial charge < -0.3 is 0 Å². The topological polar surface area (TPSA) is 43.4 Å². The minimum Gasteiger partial charge on any atom is -0.287 e. The molecule has 0 amide bonds. The smallest absolute Gasteiger partial charge is 0.238 e. The average molecular weight is 334 g/mol. The van der Waals surface area contributed by atoms with Crippen molar-refractivity contribution in [1.29, 1.82) is 0 Å². The molecular formula is C17H20O3P2. The van der Waals surface area contributed by atoms with E-state index < -0.39 is 14.7 Å². The van der Waals surface area contributed by atoms with Crippen molar-refractivity contribution < 1.29 is 13.4 Å². The largest absolute Gasteiger partial charge is 0.287 e. The second kappa shape index (κ2) is 5.49. The van der Waals surface area contributed by atoms with Gasteiger partial charge in [-0.15, -0.1) is 0 Å². The van der Waals surface area contributed by atoms with Crippen LogP contribution in [0.15, 0.2) is 60.7 Å². The van der Waals surface area contributed by atoms with Crippen LogP contribution in [0.4, 0.5) is 0 Å². The maximum absolute atomic E-state index is 13.4. The van der Waals surface area contributed by atoms with E-state index in [-0.39, 0.29) is 5.41 Å². The molecular weight excluding hydrogens is 314 g/mol. The van der Waals surface area contributed by atoms with E-state index >= 15 is 0 Å². The molecule has 0 saturated carbocycles. The molecule has 2 aromatic carbocycles. The Balaban J connectivity index is 2.09. The van der Waals surface area contributed by atoms with E-state index in [4.69, 9.17) is 4.31 Å². The first-order valence-corrected chi connectivity index (χ1v) is 11.0. The van der Waals surface area contributed by atoms with Gasteiger partial charge in [0.05, 0.1) is 0 Å². The SMILES string of the molecule is CC1(C)C[P@](=O)(c2ccccc2)O[P@](=O)(c2ccccc2)C1. The molecule has 1 heterocycles. The van der Waals surface area contributed by atoms with E-state index in [9.17, 15) is 9.13 Å². The van der Waals surface area contributed by atoms with E-state index in [0.717, 1.165) is 0 Å². The van der Waals surface area contributed by atoms with E-state index in [0.29, 0.717) is 22.9 Å². The van der Waals surface area contributed by atoms with Crippen molar-refractivity contribution in [2.45, 2.75) is 13.8 Å². The summed E-state index contributed by atoms with van der Waals surface area (Å²) >= 11 is 0. The molecule has 0 N–H and O–H groups in total. The van der Waals surface area contributed by atoms with Crippen LogP contribution in [-0.4, -0.2) is 12.3 Å². The van der Waals surface area contributed by atoms with Crippen molar-refractivity contribution in [3.05, 3.63) is 60.7 Å². The summed E-state index contributed by atoms with van der Waals surface area (Å²) in [6.07, 6.45) is 0.835. The van der Waals surface area contributed by atoms with Crippen LogP contribution < -0.4 is 10.6 Å². The predicted molar refractivity (Wildman–Crippen MR) is 92.0 cm³/mol. The van der Waals surface area contributed by atoms with Crippen LogP contribution in [0.5, 0.6) is 0 Å². The van der Waals surface area contributed by atoms with Crippen LogP contribution >= 0.6 is 14.7 Å². The molecule has 1 saturated heterocycles. The minimum atomic E-state index is -3.14. The maximum Gasteiger partial charge on any atom is 0.238 e. The van der Waals surface area contributed by atoms with Gasteiger partial charge in [-0.05, 0) is 29.7 Å². The third kappa shape index (κ3) is 2.99. The van der Waals surface area contributed by atoms with Gasteiger partial charge in [0.1, 0.15) is 0 Å². The first kappa shape index (κ1) is 15.7. The fraction of sp³-hybridized carbons (Fsp3) is 0.294. The highest BCUT2D eigenvalue weighted by atomic mass is 31.2. The van der Waals surface area contributed by atoms with Crippen LogP contribution in [0.1, 0.15) is 13.8 Å². The first-order valence-electron chi connectivity index (χ1n) is 7.34. The highest BCUT2D eigenvalue weighted by molar-refractivity contribution is 7.80. The summed E-state index contributed by atoms with van der Waals surface area (Å²) in [5, 5.41) is 1.30. The Hall–Kier alpha value is -1.14. The number of rotatable bonds is 2. The van der Waals surface area contributed by atoms with Gasteiger partial charge in [0.15, 0.2) is 0 Å². The monoisotopic (exact) mass is 334 g/mol. The van der Waals surface area contributed by atoms with Crippen LogP contribution in [0.2, 0.25) is 0 Å². The predicted octanol–water partition coefficient (Wildman–Crippen LogP) is 4.25. The first-order chi connectivity index (χ1) is 10.3. The van der Waals surface area contributed by atoms with Crippen molar-refractivity contribution in [2.24, 2.45) is 5.41 Å². The number of hydrogen-bond donors (Lipinski definition) is 0. The zero-order valence-corrected chi connectivity index (χ0v) is 14.6. The molecule has 22 heavy (non-hydrogen) atoms. The molecule has 1 aliphatic heterocycles. The third-order valence-electron chi connectivity index (χ3n) is 3.84.